The largest absolute Gasteiger partial charge is 0.319 e. The van der Waals surface area contributed by atoms with Crippen molar-refractivity contribution in [1.82, 2.24) is 15.1 Å². The first-order chi connectivity index (χ1) is 8.63. The van der Waals surface area contributed by atoms with Crippen molar-refractivity contribution in [3.8, 4) is 11.1 Å². The molecule has 1 N–H and O–H groups in total. The van der Waals surface area contributed by atoms with Crippen LogP contribution in [0.3, 0.4) is 0 Å². The zero-order valence-corrected chi connectivity index (χ0v) is 11.6. The fourth-order valence-corrected chi connectivity index (χ4v) is 2.15. The summed E-state index contributed by atoms with van der Waals surface area (Å²) >= 11 is 0. The van der Waals surface area contributed by atoms with E-state index in [2.05, 4.69) is 42.5 Å². The van der Waals surface area contributed by atoms with Crippen molar-refractivity contribution in [2.45, 2.75) is 20.3 Å². The molecule has 3 nitrogen and oxygen atoms in total. The minimum Gasteiger partial charge on any atom is -0.319 e. The Bertz CT molecular complexity index is 541. The van der Waals surface area contributed by atoms with E-state index in [9.17, 15) is 0 Å². The summed E-state index contributed by atoms with van der Waals surface area (Å²) in [5.41, 5.74) is 6.45. The molecule has 0 spiro atoms. The summed E-state index contributed by atoms with van der Waals surface area (Å²) in [4.78, 5) is 0. The molecule has 0 saturated carbocycles. The van der Waals surface area contributed by atoms with Gasteiger partial charge >= 0.3 is 0 Å². The summed E-state index contributed by atoms with van der Waals surface area (Å²) in [6.45, 7) is 5.27. The first kappa shape index (κ1) is 12.8. The molecule has 0 amide bonds. The van der Waals surface area contributed by atoms with Gasteiger partial charge in [-0.15, -0.1) is 0 Å². The average Bonchev–Trinajstić information content (AvgIpc) is 2.72. The van der Waals surface area contributed by atoms with Crippen LogP contribution in [0.5, 0.6) is 0 Å². The summed E-state index contributed by atoms with van der Waals surface area (Å²) in [6.07, 6.45) is 2.96. The van der Waals surface area contributed by atoms with E-state index >= 15 is 0 Å². The van der Waals surface area contributed by atoms with Gasteiger partial charge in [-0.05, 0) is 37.6 Å². The van der Waals surface area contributed by atoms with Gasteiger partial charge in [-0.1, -0.05) is 18.2 Å². The van der Waals surface area contributed by atoms with Gasteiger partial charge in [0.25, 0.3) is 0 Å². The van der Waals surface area contributed by atoms with Crippen LogP contribution in [-0.2, 0) is 13.5 Å². The molecule has 2 aromatic rings. The lowest BCUT2D eigenvalue weighted by Crippen LogP contribution is -2.13. The molecule has 0 atom stereocenters. The topological polar surface area (TPSA) is 29.9 Å². The van der Waals surface area contributed by atoms with Gasteiger partial charge in [0, 0.05) is 31.3 Å². The number of hydrogen-bond donors (Lipinski definition) is 1. The van der Waals surface area contributed by atoms with Gasteiger partial charge in [0.1, 0.15) is 0 Å². The highest BCUT2D eigenvalue weighted by atomic mass is 15.3. The Kier molecular flexibility index (Phi) is 3.82. The van der Waals surface area contributed by atoms with Crippen LogP contribution in [0.15, 0.2) is 24.4 Å². The molecule has 3 heteroatoms. The zero-order chi connectivity index (χ0) is 13.1. The van der Waals surface area contributed by atoms with Gasteiger partial charge in [-0.25, -0.2) is 0 Å². The monoisotopic (exact) mass is 243 g/mol. The molecule has 0 bridgehead atoms. The molecular weight excluding hydrogens is 222 g/mol. The average molecular weight is 243 g/mol. The number of likely N-dealkylation sites (N-methyl/N-ethyl adjacent to an activating group) is 1. The Hall–Kier alpha value is -1.61. The fraction of sp³-hybridized carbons (Fsp3) is 0.400. The first-order valence-corrected chi connectivity index (χ1v) is 6.36. The third-order valence-electron chi connectivity index (χ3n) is 3.49. The van der Waals surface area contributed by atoms with E-state index in [1.165, 1.54) is 27.9 Å². The van der Waals surface area contributed by atoms with Gasteiger partial charge in [-0.3, -0.25) is 4.68 Å². The third kappa shape index (κ3) is 2.46. The van der Waals surface area contributed by atoms with Crippen LogP contribution < -0.4 is 5.32 Å². The van der Waals surface area contributed by atoms with Crippen LogP contribution in [0.2, 0.25) is 0 Å². The van der Waals surface area contributed by atoms with Crippen LogP contribution >= 0.6 is 0 Å². The molecule has 0 saturated heterocycles. The van der Waals surface area contributed by atoms with Crippen molar-refractivity contribution >= 4 is 0 Å². The number of aryl methyl sites for hydroxylation is 3. The van der Waals surface area contributed by atoms with E-state index in [0.717, 1.165) is 13.0 Å². The van der Waals surface area contributed by atoms with Crippen molar-refractivity contribution < 1.29 is 0 Å². The number of aromatic nitrogens is 2. The van der Waals surface area contributed by atoms with E-state index in [-0.39, 0.29) is 0 Å². The van der Waals surface area contributed by atoms with Gasteiger partial charge < -0.3 is 5.32 Å². The van der Waals surface area contributed by atoms with Gasteiger partial charge in [0.05, 0.1) is 6.20 Å². The number of benzene rings is 1. The fourth-order valence-electron chi connectivity index (χ4n) is 2.15. The van der Waals surface area contributed by atoms with Crippen LogP contribution in [0.1, 0.15) is 16.8 Å². The zero-order valence-electron chi connectivity index (χ0n) is 11.6. The van der Waals surface area contributed by atoms with Crippen molar-refractivity contribution in [1.29, 1.82) is 0 Å². The lowest BCUT2D eigenvalue weighted by Gasteiger charge is -2.08. The molecule has 0 aliphatic rings. The van der Waals surface area contributed by atoms with E-state index < -0.39 is 0 Å². The van der Waals surface area contributed by atoms with E-state index in [4.69, 9.17) is 0 Å². The highest BCUT2D eigenvalue weighted by molar-refractivity contribution is 5.66. The first-order valence-electron chi connectivity index (χ1n) is 6.36. The quantitative estimate of drug-likeness (QED) is 0.894. The normalized spacial score (nSPS) is 10.9. The second-order valence-corrected chi connectivity index (χ2v) is 4.78. The lowest BCUT2D eigenvalue weighted by molar-refractivity contribution is 0.682. The van der Waals surface area contributed by atoms with Crippen molar-refractivity contribution in [2.75, 3.05) is 13.6 Å². The van der Waals surface area contributed by atoms with Crippen molar-refractivity contribution in [3.05, 3.63) is 41.2 Å². The Morgan fingerprint density at radius 1 is 1.22 bits per heavy atom. The van der Waals surface area contributed by atoms with Gasteiger partial charge in [0.15, 0.2) is 0 Å². The highest BCUT2D eigenvalue weighted by Crippen LogP contribution is 2.25. The Labute approximate surface area is 109 Å². The maximum Gasteiger partial charge on any atom is 0.0571 e. The standard InChI is InChI=1S/C15H21N3/c1-11-5-6-13(9-12(11)2)14-10-17-18(4)15(14)7-8-16-3/h5-6,9-10,16H,7-8H2,1-4H3. The summed E-state index contributed by atoms with van der Waals surface area (Å²) in [5.74, 6) is 0. The molecule has 96 valence electrons. The molecule has 1 aromatic carbocycles. The molecular formula is C15H21N3. The number of nitrogens with zero attached hydrogens (tertiary/aromatic N) is 2. The summed E-state index contributed by atoms with van der Waals surface area (Å²) in [6, 6.07) is 6.61. The van der Waals surface area contributed by atoms with Crippen LogP contribution in [-0.4, -0.2) is 23.4 Å². The number of rotatable bonds is 4. The van der Waals surface area contributed by atoms with Crippen molar-refractivity contribution in [3.63, 3.8) is 0 Å². The maximum atomic E-state index is 4.39. The second kappa shape index (κ2) is 5.36. The minimum atomic E-state index is 0.970. The highest BCUT2D eigenvalue weighted by Gasteiger charge is 2.10. The van der Waals surface area contributed by atoms with E-state index in [1.54, 1.807) is 0 Å². The molecule has 0 aliphatic carbocycles. The molecule has 0 fully saturated rings. The smallest absolute Gasteiger partial charge is 0.0571 e. The van der Waals surface area contributed by atoms with Crippen LogP contribution in [0, 0.1) is 13.8 Å². The van der Waals surface area contributed by atoms with Crippen LogP contribution in [0.4, 0.5) is 0 Å². The molecule has 0 unspecified atom stereocenters. The molecule has 1 heterocycles. The predicted octanol–water partition coefficient (Wildman–Crippen LogP) is 2.47. The van der Waals surface area contributed by atoms with Gasteiger partial charge in [0.2, 0.25) is 0 Å². The Balaban J connectivity index is 2.40. The third-order valence-corrected chi connectivity index (χ3v) is 3.49. The second-order valence-electron chi connectivity index (χ2n) is 4.78. The molecule has 1 aromatic heterocycles. The maximum absolute atomic E-state index is 4.39. The molecule has 0 aliphatic heterocycles. The van der Waals surface area contributed by atoms with E-state index in [0.29, 0.717) is 0 Å². The Morgan fingerprint density at radius 2 is 2.00 bits per heavy atom. The van der Waals surface area contributed by atoms with Crippen molar-refractivity contribution in [2.24, 2.45) is 7.05 Å². The van der Waals surface area contributed by atoms with Gasteiger partial charge in [-0.2, -0.15) is 5.10 Å². The minimum absolute atomic E-state index is 0.970. The molecule has 18 heavy (non-hydrogen) atoms. The molecule has 2 rings (SSSR count). The SMILES string of the molecule is CNCCc1c(-c2ccc(C)c(C)c2)cnn1C. The predicted molar refractivity (Wildman–Crippen MR) is 75.7 cm³/mol. The van der Waals surface area contributed by atoms with E-state index in [1.807, 2.05) is 25.0 Å². The summed E-state index contributed by atoms with van der Waals surface area (Å²) in [5, 5.41) is 7.58. The molecule has 0 radical (unpaired) electrons. The number of hydrogen-bond acceptors (Lipinski definition) is 2. The Morgan fingerprint density at radius 3 is 2.67 bits per heavy atom. The number of nitrogens with one attached hydrogen (secondary N) is 1. The lowest BCUT2D eigenvalue weighted by atomic mass is 10.00. The summed E-state index contributed by atoms with van der Waals surface area (Å²) < 4.78 is 1.97. The summed E-state index contributed by atoms with van der Waals surface area (Å²) in [7, 11) is 3.99. The van der Waals surface area contributed by atoms with Crippen LogP contribution in [0.25, 0.3) is 11.1 Å².